The van der Waals surface area contributed by atoms with Crippen LogP contribution in [0.2, 0.25) is 0 Å². The summed E-state index contributed by atoms with van der Waals surface area (Å²) in [5, 5.41) is 12.0. The minimum Gasteiger partial charge on any atom is -0.480 e. The van der Waals surface area contributed by atoms with E-state index in [9.17, 15) is 14.7 Å². The quantitative estimate of drug-likeness (QED) is 0.669. The average Bonchev–Trinajstić information content (AvgIpc) is 2.98. The van der Waals surface area contributed by atoms with Crippen molar-refractivity contribution in [2.75, 3.05) is 0 Å². The number of benzene rings is 1. The number of carbonyl (C=O) groups is 2. The summed E-state index contributed by atoms with van der Waals surface area (Å²) in [6.07, 6.45) is 1.95. The van der Waals surface area contributed by atoms with Crippen molar-refractivity contribution in [2.24, 2.45) is 5.92 Å². The van der Waals surface area contributed by atoms with Crippen LogP contribution >= 0.6 is 0 Å². The van der Waals surface area contributed by atoms with Crippen LogP contribution in [0.15, 0.2) is 36.5 Å². The van der Waals surface area contributed by atoms with E-state index in [1.54, 1.807) is 13.8 Å². The van der Waals surface area contributed by atoms with Gasteiger partial charge in [-0.2, -0.15) is 0 Å². The zero-order valence-electron chi connectivity index (χ0n) is 17.5. The molecule has 0 aliphatic carbocycles. The zero-order chi connectivity index (χ0) is 21.3. The lowest BCUT2D eigenvalue weighted by Gasteiger charge is -2.18. The Kier molecular flexibility index (Phi) is 5.73. The third-order valence-electron chi connectivity index (χ3n) is 5.24. The van der Waals surface area contributed by atoms with Crippen molar-refractivity contribution in [3.05, 3.63) is 58.9 Å². The minimum absolute atomic E-state index is 0.0446. The van der Waals surface area contributed by atoms with Gasteiger partial charge in [-0.3, -0.25) is 4.79 Å². The van der Waals surface area contributed by atoms with Crippen LogP contribution < -0.4 is 5.32 Å². The summed E-state index contributed by atoms with van der Waals surface area (Å²) in [6.45, 7) is 9.65. The second-order valence-electron chi connectivity index (χ2n) is 7.94. The number of hydrogen-bond donors (Lipinski definition) is 2. The molecule has 1 aromatic carbocycles. The third kappa shape index (κ3) is 4.31. The van der Waals surface area contributed by atoms with Gasteiger partial charge in [-0.05, 0) is 61.6 Å². The smallest absolute Gasteiger partial charge is 0.326 e. The molecule has 0 aliphatic rings. The zero-order valence-corrected chi connectivity index (χ0v) is 17.5. The number of hydrogen-bond acceptors (Lipinski definition) is 3. The molecule has 0 radical (unpaired) electrons. The Morgan fingerprint density at radius 3 is 2.45 bits per heavy atom. The van der Waals surface area contributed by atoms with E-state index in [1.165, 1.54) is 5.56 Å². The van der Waals surface area contributed by atoms with E-state index in [0.29, 0.717) is 0 Å². The molecule has 6 heteroatoms. The largest absolute Gasteiger partial charge is 0.480 e. The highest BCUT2D eigenvalue weighted by Crippen LogP contribution is 2.27. The molecule has 0 aliphatic heterocycles. The van der Waals surface area contributed by atoms with Crippen molar-refractivity contribution in [3.8, 4) is 11.3 Å². The number of carbonyl (C=O) groups excluding carboxylic acids is 1. The highest BCUT2D eigenvalue weighted by atomic mass is 16.4. The molecule has 0 saturated carbocycles. The molecule has 1 unspecified atom stereocenters. The van der Waals surface area contributed by atoms with Crippen LogP contribution in [-0.2, 0) is 16.0 Å². The fraction of sp³-hybridized carbons (Fsp3) is 0.348. The second kappa shape index (κ2) is 8.07. The first-order chi connectivity index (χ1) is 13.7. The molecular weight excluding hydrogens is 366 g/mol. The monoisotopic (exact) mass is 393 g/mol. The van der Waals surface area contributed by atoms with Crippen LogP contribution in [0.5, 0.6) is 0 Å². The predicted octanol–water partition coefficient (Wildman–Crippen LogP) is 3.69. The Balaban J connectivity index is 2.04. The molecule has 0 spiro atoms. The first kappa shape index (κ1) is 20.6. The summed E-state index contributed by atoms with van der Waals surface area (Å²) in [4.78, 5) is 29.0. The predicted molar refractivity (Wildman–Crippen MR) is 113 cm³/mol. The molecule has 29 heavy (non-hydrogen) atoms. The number of aryl methyl sites for hydroxylation is 3. The van der Waals surface area contributed by atoms with Crippen molar-refractivity contribution in [3.63, 3.8) is 0 Å². The lowest BCUT2D eigenvalue weighted by molar-refractivity contribution is -0.143. The number of aliphatic carboxylic acids is 1. The fourth-order valence-corrected chi connectivity index (χ4v) is 3.38. The number of pyridine rings is 1. The summed E-state index contributed by atoms with van der Waals surface area (Å²) in [5.74, 6) is -1.57. The number of carboxylic acids is 1. The Morgan fingerprint density at radius 2 is 1.83 bits per heavy atom. The van der Waals surface area contributed by atoms with Crippen LogP contribution in [0.4, 0.5) is 0 Å². The standard InChI is InChI=1S/C23H27N3O3/c1-13(2)21(23(28)29)25-20(27)12-18-22(17-7-6-15(4)16(5)11-17)24-19-10-14(3)8-9-26(18)19/h6-11,13,21H,12H2,1-5H3,(H,25,27)(H,28,29). The van der Waals surface area contributed by atoms with Crippen molar-refractivity contribution in [2.45, 2.75) is 47.1 Å². The molecule has 3 aromatic rings. The number of aromatic nitrogens is 2. The van der Waals surface area contributed by atoms with Gasteiger partial charge >= 0.3 is 5.97 Å². The van der Waals surface area contributed by atoms with Gasteiger partial charge in [-0.15, -0.1) is 0 Å². The summed E-state index contributed by atoms with van der Waals surface area (Å²) in [6, 6.07) is 9.14. The normalized spacial score (nSPS) is 12.3. The van der Waals surface area contributed by atoms with Crippen molar-refractivity contribution >= 4 is 17.5 Å². The van der Waals surface area contributed by atoms with Gasteiger partial charge in [0.2, 0.25) is 5.91 Å². The molecular formula is C23H27N3O3. The molecule has 2 N–H and O–H groups in total. The molecule has 152 valence electrons. The van der Waals surface area contributed by atoms with Gasteiger partial charge in [-0.25, -0.2) is 9.78 Å². The molecule has 1 amide bonds. The number of nitrogens with zero attached hydrogens (tertiary/aromatic N) is 2. The van der Waals surface area contributed by atoms with Crippen LogP contribution in [0, 0.1) is 26.7 Å². The average molecular weight is 393 g/mol. The Labute approximate surface area is 170 Å². The lowest BCUT2D eigenvalue weighted by Crippen LogP contribution is -2.45. The maximum Gasteiger partial charge on any atom is 0.326 e. The van der Waals surface area contributed by atoms with E-state index < -0.39 is 12.0 Å². The number of amides is 1. The van der Waals surface area contributed by atoms with Gasteiger partial charge < -0.3 is 14.8 Å². The van der Waals surface area contributed by atoms with Crippen molar-refractivity contribution in [1.82, 2.24) is 14.7 Å². The summed E-state index contributed by atoms with van der Waals surface area (Å²) >= 11 is 0. The minimum atomic E-state index is -1.03. The van der Waals surface area contributed by atoms with Crippen LogP contribution in [0.1, 0.15) is 36.2 Å². The van der Waals surface area contributed by atoms with Crippen LogP contribution in [0.3, 0.4) is 0 Å². The number of nitrogens with one attached hydrogen (secondary N) is 1. The fourth-order valence-electron chi connectivity index (χ4n) is 3.38. The molecule has 1 atom stereocenters. The van der Waals surface area contributed by atoms with Gasteiger partial charge in [0.15, 0.2) is 0 Å². The first-order valence-corrected chi connectivity index (χ1v) is 9.74. The molecule has 0 bridgehead atoms. The van der Waals surface area contributed by atoms with E-state index in [4.69, 9.17) is 4.98 Å². The SMILES string of the molecule is Cc1ccn2c(CC(=O)NC(C(=O)O)C(C)C)c(-c3ccc(C)c(C)c3)nc2c1. The second-order valence-corrected chi connectivity index (χ2v) is 7.94. The maximum absolute atomic E-state index is 12.7. The highest BCUT2D eigenvalue weighted by Gasteiger charge is 2.25. The van der Waals surface area contributed by atoms with Gasteiger partial charge in [0.1, 0.15) is 11.7 Å². The summed E-state index contributed by atoms with van der Waals surface area (Å²) in [5.41, 5.74) is 6.61. The first-order valence-electron chi connectivity index (χ1n) is 9.74. The van der Waals surface area contributed by atoms with Crippen LogP contribution in [-0.4, -0.2) is 32.4 Å². The van der Waals surface area contributed by atoms with Gasteiger partial charge in [0, 0.05) is 11.8 Å². The van der Waals surface area contributed by atoms with Gasteiger partial charge in [0.25, 0.3) is 0 Å². The van der Waals surface area contributed by atoms with Gasteiger partial charge in [-0.1, -0.05) is 26.0 Å². The van der Waals surface area contributed by atoms with Crippen molar-refractivity contribution in [1.29, 1.82) is 0 Å². The molecule has 0 fully saturated rings. The molecule has 2 aromatic heterocycles. The maximum atomic E-state index is 12.7. The Morgan fingerprint density at radius 1 is 1.10 bits per heavy atom. The van der Waals surface area contributed by atoms with E-state index in [0.717, 1.165) is 33.7 Å². The van der Waals surface area contributed by atoms with E-state index in [1.807, 2.05) is 48.7 Å². The number of carboxylic acid groups (broad SMARTS) is 1. The Hall–Kier alpha value is -3.15. The summed E-state index contributed by atoms with van der Waals surface area (Å²) in [7, 11) is 0. The molecule has 6 nitrogen and oxygen atoms in total. The van der Waals surface area contributed by atoms with E-state index >= 15 is 0 Å². The van der Waals surface area contributed by atoms with E-state index in [-0.39, 0.29) is 18.2 Å². The molecule has 0 saturated heterocycles. The highest BCUT2D eigenvalue weighted by molar-refractivity contribution is 5.86. The number of fused-ring (bicyclic) bond motifs is 1. The Bertz CT molecular complexity index is 1080. The summed E-state index contributed by atoms with van der Waals surface area (Å²) < 4.78 is 1.91. The molecule has 3 rings (SSSR count). The molecule has 2 heterocycles. The van der Waals surface area contributed by atoms with E-state index in [2.05, 4.69) is 18.3 Å². The number of imidazole rings is 1. The topological polar surface area (TPSA) is 83.7 Å². The van der Waals surface area contributed by atoms with Gasteiger partial charge in [0.05, 0.1) is 17.8 Å². The third-order valence-corrected chi connectivity index (χ3v) is 5.24. The number of rotatable bonds is 6. The lowest BCUT2D eigenvalue weighted by atomic mass is 10.0. The van der Waals surface area contributed by atoms with Crippen LogP contribution in [0.25, 0.3) is 16.9 Å². The van der Waals surface area contributed by atoms with Crippen molar-refractivity contribution < 1.29 is 14.7 Å².